The van der Waals surface area contributed by atoms with Crippen LogP contribution in [0.25, 0.3) is 0 Å². The van der Waals surface area contributed by atoms with Crippen molar-refractivity contribution in [3.8, 4) is 0 Å². The van der Waals surface area contributed by atoms with Crippen molar-refractivity contribution in [2.75, 3.05) is 13.2 Å². The van der Waals surface area contributed by atoms with Crippen molar-refractivity contribution in [2.45, 2.75) is 26.7 Å². The number of carbonyl (C=O) groups excluding carboxylic acids is 1. The number of ether oxygens (including phenoxy) is 1. The number of carbonyl (C=O) groups is 1. The zero-order chi connectivity index (χ0) is 9.40. The molecule has 12 heavy (non-hydrogen) atoms. The third-order valence-corrected chi connectivity index (χ3v) is 1.41. The summed E-state index contributed by atoms with van der Waals surface area (Å²) in [4.78, 5) is 11.0. The maximum Gasteiger partial charge on any atom is 0.333 e. The van der Waals surface area contributed by atoms with Crippen LogP contribution >= 0.6 is 0 Å². The Morgan fingerprint density at radius 3 is 2.75 bits per heavy atom. The summed E-state index contributed by atoms with van der Waals surface area (Å²) in [5, 5.41) is 8.48. The second kappa shape index (κ2) is 6.85. The molecular weight excluding hydrogens is 156 g/mol. The van der Waals surface area contributed by atoms with Crippen LogP contribution in [0.4, 0.5) is 0 Å². The molecule has 0 amide bonds. The fraction of sp³-hybridized carbons (Fsp3) is 0.667. The van der Waals surface area contributed by atoms with E-state index in [1.165, 1.54) is 0 Å². The highest BCUT2D eigenvalue weighted by Crippen LogP contribution is 2.00. The van der Waals surface area contributed by atoms with E-state index in [-0.39, 0.29) is 12.6 Å². The molecule has 0 bridgehead atoms. The number of hydrogen-bond acceptors (Lipinski definition) is 3. The lowest BCUT2D eigenvalue weighted by Crippen LogP contribution is -2.04. The van der Waals surface area contributed by atoms with Crippen LogP contribution in [0.1, 0.15) is 26.7 Å². The topological polar surface area (TPSA) is 46.5 Å². The number of allylic oxidation sites excluding steroid dienone is 1. The van der Waals surface area contributed by atoms with Crippen molar-refractivity contribution in [3.05, 3.63) is 11.6 Å². The first-order valence-corrected chi connectivity index (χ1v) is 4.17. The first-order valence-electron chi connectivity index (χ1n) is 4.17. The zero-order valence-electron chi connectivity index (χ0n) is 7.67. The summed E-state index contributed by atoms with van der Waals surface area (Å²) >= 11 is 0. The Hall–Kier alpha value is -0.830. The molecule has 0 heterocycles. The van der Waals surface area contributed by atoms with Crippen LogP contribution in [0.2, 0.25) is 0 Å². The van der Waals surface area contributed by atoms with Gasteiger partial charge in [0.1, 0.15) is 0 Å². The van der Waals surface area contributed by atoms with E-state index in [1.807, 2.05) is 0 Å². The van der Waals surface area contributed by atoms with E-state index in [0.717, 1.165) is 6.42 Å². The number of unbranched alkanes of at least 4 members (excludes halogenated alkanes) is 1. The largest absolute Gasteiger partial charge is 0.463 e. The molecule has 1 N–H and O–H groups in total. The van der Waals surface area contributed by atoms with Gasteiger partial charge >= 0.3 is 5.97 Å². The molecule has 3 heteroatoms. The van der Waals surface area contributed by atoms with Crippen molar-refractivity contribution < 1.29 is 14.6 Å². The zero-order valence-corrected chi connectivity index (χ0v) is 7.67. The maximum absolute atomic E-state index is 11.0. The summed E-state index contributed by atoms with van der Waals surface area (Å²) in [7, 11) is 0. The van der Waals surface area contributed by atoms with E-state index in [1.54, 1.807) is 19.9 Å². The highest BCUT2D eigenvalue weighted by molar-refractivity contribution is 5.87. The van der Waals surface area contributed by atoms with E-state index < -0.39 is 0 Å². The van der Waals surface area contributed by atoms with Gasteiger partial charge in [-0.15, -0.1) is 0 Å². The Morgan fingerprint density at radius 1 is 1.58 bits per heavy atom. The van der Waals surface area contributed by atoms with Gasteiger partial charge in [0, 0.05) is 12.2 Å². The Bertz CT molecular complexity index is 161. The molecule has 0 atom stereocenters. The SMILES string of the molecule is CCOC(=O)/C(C)=C/CCCO. The first kappa shape index (κ1) is 11.2. The van der Waals surface area contributed by atoms with E-state index in [0.29, 0.717) is 18.6 Å². The van der Waals surface area contributed by atoms with Crippen LogP contribution < -0.4 is 0 Å². The van der Waals surface area contributed by atoms with Gasteiger partial charge in [-0.3, -0.25) is 0 Å². The van der Waals surface area contributed by atoms with Crippen molar-refractivity contribution in [2.24, 2.45) is 0 Å². The monoisotopic (exact) mass is 172 g/mol. The molecule has 0 aliphatic carbocycles. The van der Waals surface area contributed by atoms with Crippen LogP contribution in [-0.2, 0) is 9.53 Å². The Kier molecular flexibility index (Phi) is 6.38. The normalized spacial score (nSPS) is 11.4. The van der Waals surface area contributed by atoms with Crippen molar-refractivity contribution in [1.82, 2.24) is 0 Å². The Labute approximate surface area is 73.0 Å². The molecule has 0 unspecified atom stereocenters. The number of aliphatic hydroxyl groups excluding tert-OH is 1. The molecule has 0 fully saturated rings. The molecule has 0 radical (unpaired) electrons. The fourth-order valence-electron chi connectivity index (χ4n) is 0.738. The van der Waals surface area contributed by atoms with Crippen LogP contribution in [0.15, 0.2) is 11.6 Å². The summed E-state index contributed by atoms with van der Waals surface area (Å²) in [5.41, 5.74) is 0.616. The summed E-state index contributed by atoms with van der Waals surface area (Å²) < 4.78 is 4.76. The lowest BCUT2D eigenvalue weighted by Gasteiger charge is -2.00. The molecule has 70 valence electrons. The Balaban J connectivity index is 3.74. The molecule has 0 aliphatic rings. The predicted octanol–water partition coefficient (Wildman–Crippen LogP) is 1.27. The summed E-state index contributed by atoms with van der Waals surface area (Å²) in [6.45, 7) is 4.06. The number of esters is 1. The van der Waals surface area contributed by atoms with Gasteiger partial charge in [-0.05, 0) is 26.7 Å². The number of aliphatic hydroxyl groups is 1. The number of hydrogen-bond donors (Lipinski definition) is 1. The van der Waals surface area contributed by atoms with Gasteiger partial charge in [-0.2, -0.15) is 0 Å². The molecule has 0 saturated carbocycles. The lowest BCUT2D eigenvalue weighted by atomic mass is 10.2. The Morgan fingerprint density at radius 2 is 2.25 bits per heavy atom. The minimum absolute atomic E-state index is 0.159. The fourth-order valence-corrected chi connectivity index (χ4v) is 0.738. The molecule has 0 aromatic heterocycles. The second-order valence-corrected chi connectivity index (χ2v) is 2.47. The average molecular weight is 172 g/mol. The molecule has 3 nitrogen and oxygen atoms in total. The minimum Gasteiger partial charge on any atom is -0.463 e. The molecule has 0 saturated heterocycles. The van der Waals surface area contributed by atoms with Crippen LogP contribution in [0.3, 0.4) is 0 Å². The number of rotatable bonds is 5. The first-order chi connectivity index (χ1) is 5.72. The quantitative estimate of drug-likeness (QED) is 0.386. The maximum atomic E-state index is 11.0. The molecule has 0 aliphatic heterocycles. The molecule has 0 aromatic carbocycles. The highest BCUT2D eigenvalue weighted by Gasteiger charge is 2.02. The van der Waals surface area contributed by atoms with Gasteiger partial charge in [-0.25, -0.2) is 4.79 Å². The van der Waals surface area contributed by atoms with E-state index in [9.17, 15) is 4.79 Å². The van der Waals surface area contributed by atoms with E-state index >= 15 is 0 Å². The predicted molar refractivity (Wildman–Crippen MR) is 46.7 cm³/mol. The second-order valence-electron chi connectivity index (χ2n) is 2.47. The van der Waals surface area contributed by atoms with Gasteiger partial charge in [0.05, 0.1) is 6.61 Å². The van der Waals surface area contributed by atoms with Crippen molar-refractivity contribution >= 4 is 5.97 Å². The van der Waals surface area contributed by atoms with Crippen molar-refractivity contribution in [1.29, 1.82) is 0 Å². The van der Waals surface area contributed by atoms with Gasteiger partial charge in [-0.1, -0.05) is 6.08 Å². The van der Waals surface area contributed by atoms with Crippen molar-refractivity contribution in [3.63, 3.8) is 0 Å². The minimum atomic E-state index is -0.268. The van der Waals surface area contributed by atoms with Gasteiger partial charge in [0.2, 0.25) is 0 Å². The van der Waals surface area contributed by atoms with Crippen LogP contribution in [-0.4, -0.2) is 24.3 Å². The van der Waals surface area contributed by atoms with Gasteiger partial charge in [0.25, 0.3) is 0 Å². The summed E-state index contributed by atoms with van der Waals surface area (Å²) in [6.07, 6.45) is 3.20. The summed E-state index contributed by atoms with van der Waals surface area (Å²) in [5.74, 6) is -0.268. The van der Waals surface area contributed by atoms with Crippen LogP contribution in [0, 0.1) is 0 Å². The highest BCUT2D eigenvalue weighted by atomic mass is 16.5. The molecule has 0 spiro atoms. The third-order valence-electron chi connectivity index (χ3n) is 1.41. The molecule has 0 aromatic rings. The van der Waals surface area contributed by atoms with E-state index in [2.05, 4.69) is 0 Å². The third kappa shape index (κ3) is 4.91. The van der Waals surface area contributed by atoms with Gasteiger partial charge < -0.3 is 9.84 Å². The molecule has 0 rings (SSSR count). The molecular formula is C9H16O3. The van der Waals surface area contributed by atoms with Gasteiger partial charge in [0.15, 0.2) is 0 Å². The summed E-state index contributed by atoms with van der Waals surface area (Å²) in [6, 6.07) is 0. The lowest BCUT2D eigenvalue weighted by molar-refractivity contribution is -0.138. The van der Waals surface area contributed by atoms with E-state index in [4.69, 9.17) is 9.84 Å². The van der Waals surface area contributed by atoms with Crippen LogP contribution in [0.5, 0.6) is 0 Å². The smallest absolute Gasteiger partial charge is 0.333 e. The average Bonchev–Trinajstić information content (AvgIpc) is 2.05. The standard InChI is InChI=1S/C9H16O3/c1-3-12-9(11)8(2)6-4-5-7-10/h6,10H,3-5,7H2,1-2H3/b8-6+.